The first-order chi connectivity index (χ1) is 24.6. The second kappa shape index (κ2) is 41.3. The Hall–Kier alpha value is -2.10. The fraction of sp³-hybridized carbons (Fsp3) is 0.783. The van der Waals surface area contributed by atoms with E-state index in [1.54, 1.807) is 0 Å². The lowest BCUT2D eigenvalue weighted by Gasteiger charge is -2.18. The zero-order valence-corrected chi connectivity index (χ0v) is 33.2. The molecular formula is C46H82O4. The molecule has 50 heavy (non-hydrogen) atoms. The summed E-state index contributed by atoms with van der Waals surface area (Å²) in [5.41, 5.74) is 0. The van der Waals surface area contributed by atoms with Crippen LogP contribution in [0.3, 0.4) is 0 Å². The van der Waals surface area contributed by atoms with E-state index in [4.69, 9.17) is 9.84 Å². The molecule has 0 aliphatic rings. The monoisotopic (exact) mass is 699 g/mol. The van der Waals surface area contributed by atoms with Crippen molar-refractivity contribution in [3.63, 3.8) is 0 Å². The maximum Gasteiger partial charge on any atom is 0.306 e. The summed E-state index contributed by atoms with van der Waals surface area (Å²) >= 11 is 0. The average Bonchev–Trinajstić information content (AvgIpc) is 3.10. The van der Waals surface area contributed by atoms with E-state index in [-0.39, 0.29) is 18.5 Å². The molecule has 0 heterocycles. The third-order valence-corrected chi connectivity index (χ3v) is 9.57. The van der Waals surface area contributed by atoms with Crippen molar-refractivity contribution in [3.05, 3.63) is 48.6 Å². The third kappa shape index (κ3) is 40.3. The Labute approximate surface area is 311 Å². The summed E-state index contributed by atoms with van der Waals surface area (Å²) in [5.74, 6) is -0.710. The largest absolute Gasteiger partial charge is 0.481 e. The van der Waals surface area contributed by atoms with Crippen LogP contribution < -0.4 is 0 Å². The second-order valence-corrected chi connectivity index (χ2v) is 14.5. The molecule has 0 saturated heterocycles. The second-order valence-electron chi connectivity index (χ2n) is 14.5. The minimum Gasteiger partial charge on any atom is -0.481 e. The van der Waals surface area contributed by atoms with Gasteiger partial charge in [-0.25, -0.2) is 0 Å². The van der Waals surface area contributed by atoms with Crippen molar-refractivity contribution >= 4 is 11.9 Å². The van der Waals surface area contributed by atoms with Crippen molar-refractivity contribution in [1.82, 2.24) is 0 Å². The predicted octanol–water partition coefficient (Wildman–Crippen LogP) is 15.1. The number of esters is 1. The Balaban J connectivity index is 4.03. The Morgan fingerprint density at radius 2 is 0.840 bits per heavy atom. The summed E-state index contributed by atoms with van der Waals surface area (Å²) in [6.45, 7) is 4.44. The van der Waals surface area contributed by atoms with E-state index in [0.717, 1.165) is 96.3 Å². The number of carboxylic acid groups (broad SMARTS) is 1. The van der Waals surface area contributed by atoms with Crippen LogP contribution in [0.4, 0.5) is 0 Å². The lowest BCUT2D eigenvalue weighted by molar-refractivity contribution is -0.150. The normalized spacial score (nSPS) is 12.7. The fourth-order valence-corrected chi connectivity index (χ4v) is 6.41. The smallest absolute Gasteiger partial charge is 0.306 e. The first-order valence-corrected chi connectivity index (χ1v) is 21.6. The van der Waals surface area contributed by atoms with Crippen LogP contribution in [0.15, 0.2) is 48.6 Å². The maximum absolute atomic E-state index is 12.7. The van der Waals surface area contributed by atoms with Crippen molar-refractivity contribution in [3.8, 4) is 0 Å². The number of unbranched alkanes of at least 4 members (excludes halogenated alkanes) is 22. The molecular weight excluding hydrogens is 617 g/mol. The van der Waals surface area contributed by atoms with Crippen LogP contribution >= 0.6 is 0 Å². The molecule has 4 heteroatoms. The Kier molecular flexibility index (Phi) is 39.6. The van der Waals surface area contributed by atoms with Crippen LogP contribution in [0.2, 0.25) is 0 Å². The van der Waals surface area contributed by atoms with Gasteiger partial charge in [0.15, 0.2) is 0 Å². The van der Waals surface area contributed by atoms with Crippen LogP contribution in [-0.2, 0) is 14.3 Å². The molecule has 1 atom stereocenters. The van der Waals surface area contributed by atoms with Crippen LogP contribution in [-0.4, -0.2) is 23.1 Å². The van der Waals surface area contributed by atoms with Gasteiger partial charge in [0.05, 0.1) is 0 Å². The van der Waals surface area contributed by atoms with Crippen molar-refractivity contribution < 1.29 is 19.4 Å². The highest BCUT2D eigenvalue weighted by molar-refractivity contribution is 5.69. The summed E-state index contributed by atoms with van der Waals surface area (Å²) in [4.78, 5) is 23.4. The predicted molar refractivity (Wildman–Crippen MR) is 218 cm³/mol. The number of carbonyl (C=O) groups excluding carboxylic acids is 1. The van der Waals surface area contributed by atoms with E-state index in [0.29, 0.717) is 6.42 Å². The molecule has 4 nitrogen and oxygen atoms in total. The quantitative estimate of drug-likeness (QED) is 0.0394. The van der Waals surface area contributed by atoms with Gasteiger partial charge in [0.2, 0.25) is 0 Å². The zero-order valence-electron chi connectivity index (χ0n) is 33.2. The summed E-state index contributed by atoms with van der Waals surface area (Å²) in [5, 5.41) is 8.84. The summed E-state index contributed by atoms with van der Waals surface area (Å²) < 4.78 is 6.02. The maximum atomic E-state index is 12.7. The number of hydrogen-bond acceptors (Lipinski definition) is 3. The van der Waals surface area contributed by atoms with Gasteiger partial charge in [-0.05, 0) is 77.0 Å². The molecule has 0 spiro atoms. The molecule has 0 aromatic heterocycles. The first-order valence-electron chi connectivity index (χ1n) is 21.6. The number of allylic oxidation sites excluding steroid dienone is 8. The summed E-state index contributed by atoms with van der Waals surface area (Å²) in [6.07, 6.45) is 55.6. The van der Waals surface area contributed by atoms with E-state index >= 15 is 0 Å². The van der Waals surface area contributed by atoms with Gasteiger partial charge in [0.1, 0.15) is 6.10 Å². The van der Waals surface area contributed by atoms with Gasteiger partial charge >= 0.3 is 11.9 Å². The number of aliphatic carboxylic acids is 1. The molecule has 0 bridgehead atoms. The molecule has 1 N–H and O–H groups in total. The molecule has 0 aliphatic heterocycles. The van der Waals surface area contributed by atoms with Gasteiger partial charge < -0.3 is 9.84 Å². The molecule has 0 aromatic carbocycles. The first kappa shape index (κ1) is 47.9. The van der Waals surface area contributed by atoms with Crippen molar-refractivity contribution in [2.24, 2.45) is 0 Å². The highest BCUT2D eigenvalue weighted by Crippen LogP contribution is 2.19. The number of ether oxygens (including phenoxy) is 1. The van der Waals surface area contributed by atoms with Gasteiger partial charge in [-0.3, -0.25) is 9.59 Å². The molecule has 0 aliphatic carbocycles. The van der Waals surface area contributed by atoms with E-state index in [1.165, 1.54) is 103 Å². The summed E-state index contributed by atoms with van der Waals surface area (Å²) in [7, 11) is 0. The number of carbonyl (C=O) groups is 2. The number of rotatable bonds is 39. The third-order valence-electron chi connectivity index (χ3n) is 9.57. The molecule has 0 radical (unpaired) electrons. The van der Waals surface area contributed by atoms with Crippen LogP contribution in [0.25, 0.3) is 0 Å². The Bertz CT molecular complexity index is 839. The SMILES string of the molecule is CC/C=C\C/C=C\C/C=C\C/C=C\CCCCCCCCC(=O)OC(CCCCCCCCCCCCCCC)CCCCCCCC(=O)O. The highest BCUT2D eigenvalue weighted by Gasteiger charge is 2.14. The van der Waals surface area contributed by atoms with E-state index in [2.05, 4.69) is 62.5 Å². The molecule has 0 fully saturated rings. The summed E-state index contributed by atoms with van der Waals surface area (Å²) in [6, 6.07) is 0. The van der Waals surface area contributed by atoms with Crippen molar-refractivity contribution in [2.75, 3.05) is 0 Å². The van der Waals surface area contributed by atoms with Gasteiger partial charge in [-0.15, -0.1) is 0 Å². The average molecular weight is 699 g/mol. The molecule has 290 valence electrons. The van der Waals surface area contributed by atoms with E-state index in [9.17, 15) is 9.59 Å². The number of carboxylic acids is 1. The highest BCUT2D eigenvalue weighted by atomic mass is 16.5. The Morgan fingerprint density at radius 3 is 1.30 bits per heavy atom. The minimum atomic E-state index is -0.701. The Morgan fingerprint density at radius 1 is 0.460 bits per heavy atom. The molecule has 0 aromatic rings. The molecule has 0 amide bonds. The molecule has 1 unspecified atom stereocenters. The number of hydrogen-bond donors (Lipinski definition) is 1. The van der Waals surface area contributed by atoms with Crippen LogP contribution in [0, 0.1) is 0 Å². The lowest BCUT2D eigenvalue weighted by atomic mass is 10.0. The minimum absolute atomic E-state index is 0.00881. The van der Waals surface area contributed by atoms with Gasteiger partial charge in [0.25, 0.3) is 0 Å². The molecule has 0 rings (SSSR count). The van der Waals surface area contributed by atoms with Crippen molar-refractivity contribution in [2.45, 2.75) is 232 Å². The van der Waals surface area contributed by atoms with Crippen molar-refractivity contribution in [1.29, 1.82) is 0 Å². The lowest BCUT2D eigenvalue weighted by Crippen LogP contribution is -2.18. The van der Waals surface area contributed by atoms with E-state index < -0.39 is 5.97 Å². The topological polar surface area (TPSA) is 63.6 Å². The van der Waals surface area contributed by atoms with Crippen LogP contribution in [0.5, 0.6) is 0 Å². The van der Waals surface area contributed by atoms with Gasteiger partial charge in [-0.1, -0.05) is 184 Å². The van der Waals surface area contributed by atoms with E-state index in [1.807, 2.05) is 0 Å². The van der Waals surface area contributed by atoms with Gasteiger partial charge in [-0.2, -0.15) is 0 Å². The van der Waals surface area contributed by atoms with Crippen LogP contribution in [0.1, 0.15) is 226 Å². The standard InChI is InChI=1S/C46H82O4/c1-3-5-7-9-11-13-15-17-18-19-20-21-22-24-26-28-30-35-39-43-46(49)50-44(41-37-33-31-34-38-42-45(47)48)40-36-32-29-27-25-23-16-14-12-10-8-6-4-2/h5,7,11,13,17-18,20-21,44H,3-4,6,8-10,12,14-16,19,22-43H2,1-2H3,(H,47,48)/b7-5-,13-11-,18-17-,21-20-. The molecule has 0 saturated carbocycles. The fourth-order valence-electron chi connectivity index (χ4n) is 6.41. The van der Waals surface area contributed by atoms with Gasteiger partial charge in [0, 0.05) is 12.8 Å². The zero-order chi connectivity index (χ0) is 36.4.